The molecule has 0 bridgehead atoms. The second-order valence-corrected chi connectivity index (χ2v) is 9.05. The van der Waals surface area contributed by atoms with E-state index >= 15 is 0 Å². The van der Waals surface area contributed by atoms with Crippen LogP contribution in [0.5, 0.6) is 0 Å². The molecule has 0 saturated carbocycles. The third-order valence-corrected chi connectivity index (χ3v) is 6.47. The quantitative estimate of drug-likeness (QED) is 0.426. The van der Waals surface area contributed by atoms with E-state index in [9.17, 15) is 17.6 Å². The maximum atomic E-state index is 13.8. The van der Waals surface area contributed by atoms with Crippen molar-refractivity contribution in [3.05, 3.63) is 108 Å². The van der Waals surface area contributed by atoms with Crippen molar-refractivity contribution < 1.29 is 17.6 Å². The summed E-state index contributed by atoms with van der Waals surface area (Å²) < 4.78 is 42.9. The molecule has 1 heterocycles. The van der Waals surface area contributed by atoms with Gasteiger partial charge < -0.3 is 9.88 Å². The number of nitrogens with one attached hydrogen (secondary N) is 2. The number of sulfonamides is 1. The van der Waals surface area contributed by atoms with E-state index in [-0.39, 0.29) is 22.5 Å². The number of hydrogen-bond acceptors (Lipinski definition) is 4. The molecule has 3 aromatic carbocycles. The van der Waals surface area contributed by atoms with Gasteiger partial charge in [-0.2, -0.15) is 0 Å². The molecule has 0 spiro atoms. The van der Waals surface area contributed by atoms with Gasteiger partial charge in [-0.05, 0) is 61.0 Å². The summed E-state index contributed by atoms with van der Waals surface area (Å²) in [5.74, 6) is -1.02. The van der Waals surface area contributed by atoms with Gasteiger partial charge in [0.2, 0.25) is 0 Å². The van der Waals surface area contributed by atoms with Crippen molar-refractivity contribution >= 4 is 21.6 Å². The van der Waals surface area contributed by atoms with Gasteiger partial charge in [0.05, 0.1) is 23.0 Å². The summed E-state index contributed by atoms with van der Waals surface area (Å²) in [6.45, 7) is 1.86. The van der Waals surface area contributed by atoms with Gasteiger partial charge in [0.25, 0.3) is 15.9 Å². The molecule has 1 amide bonds. The number of para-hydroxylation sites is 1. The lowest BCUT2D eigenvalue weighted by Gasteiger charge is -2.15. The van der Waals surface area contributed by atoms with Gasteiger partial charge >= 0.3 is 0 Å². The van der Waals surface area contributed by atoms with Crippen LogP contribution in [0.3, 0.4) is 0 Å². The van der Waals surface area contributed by atoms with Gasteiger partial charge in [0.1, 0.15) is 5.82 Å². The van der Waals surface area contributed by atoms with Gasteiger partial charge in [-0.1, -0.05) is 24.3 Å². The Morgan fingerprint density at radius 3 is 2.33 bits per heavy atom. The molecule has 4 aromatic rings. The molecule has 1 aromatic heterocycles. The highest BCUT2D eigenvalue weighted by atomic mass is 32.2. The van der Waals surface area contributed by atoms with Gasteiger partial charge in [0.15, 0.2) is 0 Å². The Hall–Kier alpha value is -3.98. The van der Waals surface area contributed by atoms with E-state index in [1.165, 1.54) is 42.5 Å². The SMILES string of the molecule is C[C@@H](NC(=O)c1ccc(S(=O)(=O)Nc2ccccc2F)cc1)c1ccc(-n2ccnc2)cc1. The molecule has 33 heavy (non-hydrogen) atoms. The minimum absolute atomic E-state index is 0.0783. The summed E-state index contributed by atoms with van der Waals surface area (Å²) in [5, 5.41) is 2.90. The molecule has 0 unspecified atom stereocenters. The number of carbonyl (C=O) groups excluding carboxylic acids is 1. The van der Waals surface area contributed by atoms with Crippen LogP contribution in [0.1, 0.15) is 28.9 Å². The van der Waals surface area contributed by atoms with E-state index in [1.807, 2.05) is 42.0 Å². The molecule has 0 fully saturated rings. The van der Waals surface area contributed by atoms with Gasteiger partial charge in [0, 0.05) is 23.6 Å². The molecule has 9 heteroatoms. The lowest BCUT2D eigenvalue weighted by atomic mass is 10.1. The monoisotopic (exact) mass is 464 g/mol. The number of aromatic nitrogens is 2. The van der Waals surface area contributed by atoms with E-state index in [4.69, 9.17) is 0 Å². The highest BCUT2D eigenvalue weighted by Crippen LogP contribution is 2.20. The first-order valence-electron chi connectivity index (χ1n) is 10.1. The summed E-state index contributed by atoms with van der Waals surface area (Å²) in [6, 6.07) is 18.4. The Balaban J connectivity index is 1.42. The largest absolute Gasteiger partial charge is 0.346 e. The van der Waals surface area contributed by atoms with Crippen LogP contribution in [-0.2, 0) is 10.0 Å². The van der Waals surface area contributed by atoms with Crippen LogP contribution >= 0.6 is 0 Å². The lowest BCUT2D eigenvalue weighted by Crippen LogP contribution is -2.26. The van der Waals surface area contributed by atoms with E-state index < -0.39 is 15.8 Å². The Morgan fingerprint density at radius 1 is 1.00 bits per heavy atom. The molecule has 0 aliphatic rings. The fourth-order valence-electron chi connectivity index (χ4n) is 3.24. The minimum atomic E-state index is -4.00. The van der Waals surface area contributed by atoms with Gasteiger partial charge in [-0.15, -0.1) is 0 Å². The number of imidazole rings is 1. The molecule has 0 aliphatic carbocycles. The first kappa shape index (κ1) is 22.2. The van der Waals surface area contributed by atoms with Crippen LogP contribution in [-0.4, -0.2) is 23.9 Å². The number of anilines is 1. The predicted molar refractivity (Wildman–Crippen MR) is 123 cm³/mol. The predicted octanol–water partition coefficient (Wildman–Crippen LogP) is 4.30. The zero-order chi connectivity index (χ0) is 23.4. The molecule has 0 saturated heterocycles. The van der Waals surface area contributed by atoms with Crippen LogP contribution in [0.2, 0.25) is 0 Å². The van der Waals surface area contributed by atoms with Crippen molar-refractivity contribution in [3.8, 4) is 5.69 Å². The summed E-state index contributed by atoms with van der Waals surface area (Å²) >= 11 is 0. The number of nitrogens with zero attached hydrogens (tertiary/aromatic N) is 2. The molecule has 1 atom stereocenters. The van der Waals surface area contributed by atoms with Crippen molar-refractivity contribution in [1.29, 1.82) is 0 Å². The topological polar surface area (TPSA) is 93.1 Å². The third kappa shape index (κ3) is 5.09. The molecule has 0 aliphatic heterocycles. The molecule has 2 N–H and O–H groups in total. The Morgan fingerprint density at radius 2 is 1.70 bits per heavy atom. The van der Waals surface area contributed by atoms with Gasteiger partial charge in [-0.3, -0.25) is 9.52 Å². The Labute approximate surface area is 191 Å². The third-order valence-electron chi connectivity index (χ3n) is 5.09. The maximum Gasteiger partial charge on any atom is 0.261 e. The number of hydrogen-bond donors (Lipinski definition) is 2. The standard InChI is InChI=1S/C24H21FN4O3S/c1-17(18-6-10-20(11-7-18)29-15-14-26-16-29)27-24(30)19-8-12-21(13-9-19)33(31,32)28-23-5-3-2-4-22(23)25/h2-17,28H,1H3,(H,27,30)/t17-/m1/s1. The molecule has 0 radical (unpaired) electrons. The van der Waals surface area contributed by atoms with E-state index in [0.717, 1.165) is 17.3 Å². The van der Waals surface area contributed by atoms with Crippen LogP contribution in [0, 0.1) is 5.82 Å². The van der Waals surface area contributed by atoms with Gasteiger partial charge in [-0.25, -0.2) is 17.8 Å². The molecule has 168 valence electrons. The number of benzene rings is 3. The van der Waals surface area contributed by atoms with Crippen molar-refractivity contribution in [1.82, 2.24) is 14.9 Å². The highest BCUT2D eigenvalue weighted by molar-refractivity contribution is 7.92. The average Bonchev–Trinajstić information content (AvgIpc) is 3.36. The van der Waals surface area contributed by atoms with E-state index in [0.29, 0.717) is 5.56 Å². The summed E-state index contributed by atoms with van der Waals surface area (Å²) in [4.78, 5) is 16.6. The lowest BCUT2D eigenvalue weighted by molar-refractivity contribution is 0.0940. The Kier molecular flexibility index (Phi) is 6.23. The molecular formula is C24H21FN4O3S. The number of halogens is 1. The van der Waals surface area contributed by atoms with E-state index in [1.54, 1.807) is 12.5 Å². The summed E-state index contributed by atoms with van der Waals surface area (Å²) in [6.07, 6.45) is 5.25. The molecular weight excluding hydrogens is 443 g/mol. The van der Waals surface area contributed by atoms with Crippen LogP contribution < -0.4 is 10.0 Å². The van der Waals surface area contributed by atoms with Crippen LogP contribution in [0.4, 0.5) is 10.1 Å². The average molecular weight is 465 g/mol. The van der Waals surface area contributed by atoms with Crippen LogP contribution in [0.25, 0.3) is 5.69 Å². The zero-order valence-electron chi connectivity index (χ0n) is 17.6. The van der Waals surface area contributed by atoms with E-state index in [2.05, 4.69) is 15.0 Å². The summed E-state index contributed by atoms with van der Waals surface area (Å²) in [7, 11) is -4.00. The minimum Gasteiger partial charge on any atom is -0.346 e. The zero-order valence-corrected chi connectivity index (χ0v) is 18.5. The van der Waals surface area contributed by atoms with Crippen molar-refractivity contribution in [2.75, 3.05) is 4.72 Å². The highest BCUT2D eigenvalue weighted by Gasteiger charge is 2.18. The maximum absolute atomic E-state index is 13.8. The fourth-order valence-corrected chi connectivity index (χ4v) is 4.31. The first-order valence-corrected chi connectivity index (χ1v) is 11.6. The normalized spacial score (nSPS) is 12.2. The number of rotatable bonds is 7. The van der Waals surface area contributed by atoms with Crippen molar-refractivity contribution in [2.24, 2.45) is 0 Å². The Bertz CT molecular complexity index is 1350. The van der Waals surface area contributed by atoms with Crippen molar-refractivity contribution in [3.63, 3.8) is 0 Å². The summed E-state index contributed by atoms with van der Waals surface area (Å²) in [5.41, 5.74) is 2.03. The smallest absolute Gasteiger partial charge is 0.261 e. The number of carbonyl (C=O) groups is 1. The molecule has 4 rings (SSSR count). The van der Waals surface area contributed by atoms with Crippen LogP contribution in [0.15, 0.2) is 96.4 Å². The molecule has 7 nitrogen and oxygen atoms in total. The fraction of sp³-hybridized carbons (Fsp3) is 0.0833. The second-order valence-electron chi connectivity index (χ2n) is 7.37. The second kappa shape index (κ2) is 9.25. The first-order chi connectivity index (χ1) is 15.8. The van der Waals surface area contributed by atoms with Crippen molar-refractivity contribution in [2.45, 2.75) is 17.9 Å². The number of amides is 1.